The zero-order chi connectivity index (χ0) is 10.4. The molecule has 0 saturated carbocycles. The molecule has 1 aliphatic carbocycles. The van der Waals surface area contributed by atoms with Crippen LogP contribution >= 0.6 is 0 Å². The maximum atomic E-state index is 11.8. The normalized spacial score (nSPS) is 17.8. The molecule has 0 heterocycles. The van der Waals surface area contributed by atoms with Crippen LogP contribution in [0.2, 0.25) is 0 Å². The van der Waals surface area contributed by atoms with Crippen molar-refractivity contribution in [2.24, 2.45) is 0 Å². The summed E-state index contributed by atoms with van der Waals surface area (Å²) >= 11 is 0. The van der Waals surface area contributed by atoms with Crippen LogP contribution in [0.5, 0.6) is 0 Å². The van der Waals surface area contributed by atoms with Crippen molar-refractivity contribution >= 4 is 5.78 Å². The Kier molecular flexibility index (Phi) is 4.88. The molecule has 0 amide bonds. The number of hydrogen-bond acceptors (Lipinski definition) is 2. The molecule has 0 radical (unpaired) electrons. The Morgan fingerprint density at radius 2 is 2.14 bits per heavy atom. The van der Waals surface area contributed by atoms with Crippen LogP contribution in [0.25, 0.3) is 0 Å². The van der Waals surface area contributed by atoms with Crippen molar-refractivity contribution < 1.29 is 4.79 Å². The first kappa shape index (κ1) is 11.4. The van der Waals surface area contributed by atoms with Crippen molar-refractivity contribution in [2.45, 2.75) is 38.5 Å². The van der Waals surface area contributed by atoms with Gasteiger partial charge in [-0.2, -0.15) is 0 Å². The van der Waals surface area contributed by atoms with Gasteiger partial charge in [-0.3, -0.25) is 4.79 Å². The monoisotopic (exact) mass is 195 g/mol. The number of Topliss-reactive ketones (excluding diaryl/α,β-unsaturated/α-hetero) is 1. The van der Waals surface area contributed by atoms with Gasteiger partial charge in [0.05, 0.1) is 0 Å². The fourth-order valence-electron chi connectivity index (χ4n) is 1.75. The third-order valence-corrected chi connectivity index (χ3v) is 2.69. The fraction of sp³-hybridized carbons (Fsp3) is 0.750. The number of hydrogen-bond donors (Lipinski definition) is 0. The van der Waals surface area contributed by atoms with Crippen LogP contribution in [0.1, 0.15) is 38.5 Å². The molecule has 2 heteroatoms. The minimum absolute atomic E-state index is 0.362. The lowest BCUT2D eigenvalue weighted by molar-refractivity contribution is -0.115. The lowest BCUT2D eigenvalue weighted by atomic mass is 10.0. The van der Waals surface area contributed by atoms with Crippen molar-refractivity contribution in [3.05, 3.63) is 11.6 Å². The van der Waals surface area contributed by atoms with E-state index in [1.54, 1.807) is 0 Å². The van der Waals surface area contributed by atoms with E-state index < -0.39 is 0 Å². The maximum Gasteiger partial charge on any atom is 0.159 e. The van der Waals surface area contributed by atoms with Gasteiger partial charge in [0.2, 0.25) is 0 Å². The summed E-state index contributed by atoms with van der Waals surface area (Å²) in [6.45, 7) is 0.871. The van der Waals surface area contributed by atoms with Gasteiger partial charge in [-0.25, -0.2) is 0 Å². The summed E-state index contributed by atoms with van der Waals surface area (Å²) in [5, 5.41) is 0. The van der Waals surface area contributed by atoms with Gasteiger partial charge in [-0.1, -0.05) is 12.5 Å². The molecule has 0 aromatic rings. The number of allylic oxidation sites excluding steroid dienone is 2. The molecule has 80 valence electrons. The molecular weight excluding hydrogens is 174 g/mol. The third-order valence-electron chi connectivity index (χ3n) is 2.69. The second-order valence-electron chi connectivity index (χ2n) is 4.31. The van der Waals surface area contributed by atoms with Gasteiger partial charge in [-0.05, 0) is 45.4 Å². The Hall–Kier alpha value is -0.630. The van der Waals surface area contributed by atoms with Crippen LogP contribution < -0.4 is 0 Å². The molecule has 0 saturated heterocycles. The number of rotatable bonds is 4. The molecule has 0 N–H and O–H groups in total. The smallest absolute Gasteiger partial charge is 0.159 e. The van der Waals surface area contributed by atoms with Crippen LogP contribution in [-0.4, -0.2) is 31.3 Å². The summed E-state index contributed by atoms with van der Waals surface area (Å²) in [5.74, 6) is 0.362. The van der Waals surface area contributed by atoms with E-state index in [1.807, 2.05) is 14.1 Å². The molecule has 0 spiro atoms. The van der Waals surface area contributed by atoms with Crippen LogP contribution in [0.3, 0.4) is 0 Å². The SMILES string of the molecule is CN(C)CCC(=O)C1=CCCCCC1. The summed E-state index contributed by atoms with van der Waals surface area (Å²) in [4.78, 5) is 13.8. The first-order valence-corrected chi connectivity index (χ1v) is 5.57. The van der Waals surface area contributed by atoms with E-state index in [-0.39, 0.29) is 0 Å². The second kappa shape index (κ2) is 5.97. The van der Waals surface area contributed by atoms with Crippen molar-refractivity contribution in [2.75, 3.05) is 20.6 Å². The Morgan fingerprint density at radius 1 is 1.36 bits per heavy atom. The maximum absolute atomic E-state index is 11.8. The lowest BCUT2D eigenvalue weighted by Gasteiger charge is -2.09. The highest BCUT2D eigenvalue weighted by Gasteiger charge is 2.11. The van der Waals surface area contributed by atoms with Crippen molar-refractivity contribution in [3.63, 3.8) is 0 Å². The lowest BCUT2D eigenvalue weighted by Crippen LogP contribution is -2.17. The summed E-state index contributed by atoms with van der Waals surface area (Å²) in [5.41, 5.74) is 1.09. The molecule has 0 bridgehead atoms. The van der Waals surface area contributed by atoms with E-state index in [1.165, 1.54) is 19.3 Å². The molecule has 14 heavy (non-hydrogen) atoms. The Bertz CT molecular complexity index is 218. The first-order valence-electron chi connectivity index (χ1n) is 5.57. The standard InChI is InChI=1S/C12H21NO/c1-13(2)10-9-12(14)11-7-5-3-4-6-8-11/h7H,3-6,8-10H2,1-2H3. The Labute approximate surface area is 87.0 Å². The molecule has 0 aliphatic heterocycles. The number of ketones is 1. The van der Waals surface area contributed by atoms with Crippen molar-refractivity contribution in [1.29, 1.82) is 0 Å². The third kappa shape index (κ3) is 4.05. The first-order chi connectivity index (χ1) is 6.70. The van der Waals surface area contributed by atoms with E-state index in [4.69, 9.17) is 0 Å². The number of carbonyl (C=O) groups excluding carboxylic acids is 1. The molecular formula is C12H21NO. The van der Waals surface area contributed by atoms with Gasteiger partial charge in [0.15, 0.2) is 5.78 Å². The topological polar surface area (TPSA) is 20.3 Å². The minimum atomic E-state index is 0.362. The molecule has 0 atom stereocenters. The highest BCUT2D eigenvalue weighted by atomic mass is 16.1. The van der Waals surface area contributed by atoms with E-state index in [0.29, 0.717) is 12.2 Å². The number of carbonyl (C=O) groups is 1. The zero-order valence-electron chi connectivity index (χ0n) is 9.38. The van der Waals surface area contributed by atoms with Gasteiger partial charge in [0, 0.05) is 13.0 Å². The molecule has 0 fully saturated rings. The summed E-state index contributed by atoms with van der Waals surface area (Å²) in [6, 6.07) is 0. The quantitative estimate of drug-likeness (QED) is 0.686. The van der Waals surface area contributed by atoms with Gasteiger partial charge in [-0.15, -0.1) is 0 Å². The average Bonchev–Trinajstić information content (AvgIpc) is 2.42. The van der Waals surface area contributed by atoms with Crippen molar-refractivity contribution in [1.82, 2.24) is 4.90 Å². The van der Waals surface area contributed by atoms with E-state index in [9.17, 15) is 4.79 Å². The van der Waals surface area contributed by atoms with Crippen LogP contribution in [0, 0.1) is 0 Å². The van der Waals surface area contributed by atoms with Crippen molar-refractivity contribution in [3.8, 4) is 0 Å². The molecule has 0 unspecified atom stereocenters. The molecule has 0 aromatic heterocycles. The minimum Gasteiger partial charge on any atom is -0.309 e. The fourth-order valence-corrected chi connectivity index (χ4v) is 1.75. The predicted octanol–water partition coefficient (Wildman–Crippen LogP) is 2.40. The van der Waals surface area contributed by atoms with Crippen LogP contribution in [-0.2, 0) is 4.79 Å². The average molecular weight is 195 g/mol. The molecule has 1 rings (SSSR count). The van der Waals surface area contributed by atoms with Gasteiger partial charge in [0.1, 0.15) is 0 Å². The van der Waals surface area contributed by atoms with Crippen LogP contribution in [0.4, 0.5) is 0 Å². The van der Waals surface area contributed by atoms with E-state index >= 15 is 0 Å². The summed E-state index contributed by atoms with van der Waals surface area (Å²) < 4.78 is 0. The number of nitrogens with zero attached hydrogens (tertiary/aromatic N) is 1. The second-order valence-corrected chi connectivity index (χ2v) is 4.31. The van der Waals surface area contributed by atoms with E-state index in [2.05, 4.69) is 11.0 Å². The molecule has 2 nitrogen and oxygen atoms in total. The van der Waals surface area contributed by atoms with E-state index in [0.717, 1.165) is 25.0 Å². The molecule has 1 aliphatic rings. The van der Waals surface area contributed by atoms with Gasteiger partial charge >= 0.3 is 0 Å². The predicted molar refractivity (Wildman–Crippen MR) is 59.3 cm³/mol. The van der Waals surface area contributed by atoms with Crippen LogP contribution in [0.15, 0.2) is 11.6 Å². The highest BCUT2D eigenvalue weighted by molar-refractivity contribution is 5.95. The summed E-state index contributed by atoms with van der Waals surface area (Å²) in [6.07, 6.45) is 8.67. The van der Waals surface area contributed by atoms with Gasteiger partial charge < -0.3 is 4.90 Å². The summed E-state index contributed by atoms with van der Waals surface area (Å²) in [7, 11) is 4.02. The zero-order valence-corrected chi connectivity index (χ0v) is 9.38. The van der Waals surface area contributed by atoms with Gasteiger partial charge in [0.25, 0.3) is 0 Å². The molecule has 0 aromatic carbocycles. The largest absolute Gasteiger partial charge is 0.309 e. The Morgan fingerprint density at radius 3 is 2.86 bits per heavy atom. The Balaban J connectivity index is 2.38. The highest BCUT2D eigenvalue weighted by Crippen LogP contribution is 2.18.